The number of hydrogen-bond donors (Lipinski definition) is 1. The zero-order valence-corrected chi connectivity index (χ0v) is 9.85. The first-order valence-electron chi connectivity index (χ1n) is 5.55. The molecule has 1 aliphatic rings. The van der Waals surface area contributed by atoms with Gasteiger partial charge in [-0.15, -0.1) is 0 Å². The molecule has 3 nitrogen and oxygen atoms in total. The second-order valence-corrected chi connectivity index (χ2v) is 5.12. The summed E-state index contributed by atoms with van der Waals surface area (Å²) in [4.78, 5) is 19.1. The van der Waals surface area contributed by atoms with E-state index in [9.17, 15) is 4.79 Å². The first kappa shape index (κ1) is 10.4. The van der Waals surface area contributed by atoms with Gasteiger partial charge < -0.3 is 4.98 Å². The van der Waals surface area contributed by atoms with Gasteiger partial charge in [-0.2, -0.15) is 0 Å². The molecule has 2 rings (SSSR count). The topological polar surface area (TPSA) is 45.8 Å². The van der Waals surface area contributed by atoms with Crippen molar-refractivity contribution in [1.29, 1.82) is 0 Å². The Hall–Kier alpha value is -1.12. The normalized spacial score (nSPS) is 22.8. The van der Waals surface area contributed by atoms with Crippen molar-refractivity contribution in [2.75, 3.05) is 0 Å². The van der Waals surface area contributed by atoms with E-state index in [1.54, 1.807) is 0 Å². The minimum atomic E-state index is 0.0274. The molecule has 1 aliphatic carbocycles. The molecule has 1 saturated carbocycles. The summed E-state index contributed by atoms with van der Waals surface area (Å²) in [7, 11) is 0. The van der Waals surface area contributed by atoms with Crippen LogP contribution in [-0.4, -0.2) is 9.97 Å². The van der Waals surface area contributed by atoms with Crippen LogP contribution in [0.2, 0.25) is 0 Å². The van der Waals surface area contributed by atoms with Gasteiger partial charge in [-0.3, -0.25) is 4.79 Å². The highest BCUT2D eigenvalue weighted by Crippen LogP contribution is 2.57. The van der Waals surface area contributed by atoms with Crippen molar-refractivity contribution in [3.8, 4) is 0 Å². The van der Waals surface area contributed by atoms with Gasteiger partial charge in [0.15, 0.2) is 0 Å². The molecule has 0 aromatic carbocycles. The second-order valence-electron chi connectivity index (χ2n) is 5.12. The third-order valence-corrected chi connectivity index (χ3v) is 3.45. The summed E-state index contributed by atoms with van der Waals surface area (Å²) in [6.45, 7) is 8.30. The number of rotatable bonds is 2. The monoisotopic (exact) mass is 206 g/mol. The second kappa shape index (κ2) is 3.19. The molecule has 1 heterocycles. The quantitative estimate of drug-likeness (QED) is 0.806. The molecule has 0 bridgehead atoms. The van der Waals surface area contributed by atoms with Crippen molar-refractivity contribution in [2.24, 2.45) is 5.41 Å². The number of aryl methyl sites for hydroxylation is 1. The van der Waals surface area contributed by atoms with E-state index < -0.39 is 0 Å². The number of hydrogen-bond acceptors (Lipinski definition) is 2. The van der Waals surface area contributed by atoms with Gasteiger partial charge in [-0.1, -0.05) is 20.8 Å². The van der Waals surface area contributed by atoms with Crippen LogP contribution in [0.4, 0.5) is 0 Å². The SMILES string of the molecule is CCc1nc(C2CC2(C)C)[nH]c(=O)c1C. The number of H-pyrrole nitrogens is 1. The molecule has 1 N–H and O–H groups in total. The highest BCUT2D eigenvalue weighted by atomic mass is 16.1. The first-order chi connectivity index (χ1) is 6.95. The molecule has 0 spiro atoms. The fourth-order valence-corrected chi connectivity index (χ4v) is 2.04. The van der Waals surface area contributed by atoms with Gasteiger partial charge in [-0.25, -0.2) is 4.98 Å². The molecule has 0 amide bonds. The molecular formula is C12H18N2O. The lowest BCUT2D eigenvalue weighted by Gasteiger charge is -2.06. The van der Waals surface area contributed by atoms with Gasteiger partial charge >= 0.3 is 0 Å². The number of nitrogens with zero attached hydrogens (tertiary/aromatic N) is 1. The van der Waals surface area contributed by atoms with E-state index in [0.29, 0.717) is 11.3 Å². The number of aromatic amines is 1. The molecule has 1 fully saturated rings. The summed E-state index contributed by atoms with van der Waals surface area (Å²) in [5.41, 5.74) is 2.05. The molecule has 1 aromatic rings. The standard InChI is InChI=1S/C12H18N2O/c1-5-9-7(2)11(15)14-10(13-9)8-6-12(8,3)4/h8H,5-6H2,1-4H3,(H,13,14,15). The zero-order valence-electron chi connectivity index (χ0n) is 9.85. The highest BCUT2D eigenvalue weighted by Gasteiger charge is 2.48. The molecule has 0 saturated heterocycles. The average Bonchev–Trinajstić information content (AvgIpc) is 2.80. The lowest BCUT2D eigenvalue weighted by Crippen LogP contribution is -2.17. The van der Waals surface area contributed by atoms with Gasteiger partial charge in [0.25, 0.3) is 5.56 Å². The summed E-state index contributed by atoms with van der Waals surface area (Å²) in [6, 6.07) is 0. The van der Waals surface area contributed by atoms with Crippen LogP contribution in [0.3, 0.4) is 0 Å². The van der Waals surface area contributed by atoms with Crippen LogP contribution in [0.25, 0.3) is 0 Å². The van der Waals surface area contributed by atoms with Crippen molar-refractivity contribution in [2.45, 2.75) is 46.5 Å². The summed E-state index contributed by atoms with van der Waals surface area (Å²) in [5, 5.41) is 0. The van der Waals surface area contributed by atoms with Crippen molar-refractivity contribution in [3.63, 3.8) is 0 Å². The Morgan fingerprint density at radius 1 is 1.53 bits per heavy atom. The van der Waals surface area contributed by atoms with E-state index in [4.69, 9.17) is 0 Å². The zero-order chi connectivity index (χ0) is 11.2. The van der Waals surface area contributed by atoms with Crippen LogP contribution in [0.1, 0.15) is 50.2 Å². The molecule has 15 heavy (non-hydrogen) atoms. The van der Waals surface area contributed by atoms with E-state index in [1.165, 1.54) is 0 Å². The fourth-order valence-electron chi connectivity index (χ4n) is 2.04. The Morgan fingerprint density at radius 2 is 2.13 bits per heavy atom. The molecular weight excluding hydrogens is 188 g/mol. The Balaban J connectivity index is 2.43. The summed E-state index contributed by atoms with van der Waals surface area (Å²) in [5.74, 6) is 1.32. The minimum Gasteiger partial charge on any atom is -0.310 e. The molecule has 1 unspecified atom stereocenters. The molecule has 82 valence electrons. The number of nitrogens with one attached hydrogen (secondary N) is 1. The van der Waals surface area contributed by atoms with Gasteiger partial charge in [0.05, 0.1) is 5.69 Å². The van der Waals surface area contributed by atoms with Crippen molar-refractivity contribution >= 4 is 0 Å². The van der Waals surface area contributed by atoms with Crippen LogP contribution in [0.15, 0.2) is 4.79 Å². The van der Waals surface area contributed by atoms with Crippen molar-refractivity contribution in [1.82, 2.24) is 9.97 Å². The molecule has 1 aromatic heterocycles. The minimum absolute atomic E-state index is 0.0274. The third-order valence-electron chi connectivity index (χ3n) is 3.45. The summed E-state index contributed by atoms with van der Waals surface area (Å²) >= 11 is 0. The Kier molecular flexibility index (Phi) is 2.21. The van der Waals surface area contributed by atoms with Gasteiger partial charge in [-0.05, 0) is 25.2 Å². The van der Waals surface area contributed by atoms with Crippen LogP contribution < -0.4 is 5.56 Å². The van der Waals surface area contributed by atoms with Crippen LogP contribution in [0.5, 0.6) is 0 Å². The Morgan fingerprint density at radius 3 is 2.60 bits per heavy atom. The van der Waals surface area contributed by atoms with Crippen LogP contribution in [-0.2, 0) is 6.42 Å². The van der Waals surface area contributed by atoms with Crippen molar-refractivity contribution in [3.05, 3.63) is 27.4 Å². The smallest absolute Gasteiger partial charge is 0.254 e. The van der Waals surface area contributed by atoms with E-state index in [0.717, 1.165) is 29.9 Å². The van der Waals surface area contributed by atoms with Gasteiger partial charge in [0.2, 0.25) is 0 Å². The Bertz CT molecular complexity index is 445. The van der Waals surface area contributed by atoms with Crippen molar-refractivity contribution < 1.29 is 0 Å². The Labute approximate surface area is 89.9 Å². The predicted octanol–water partition coefficient (Wildman–Crippen LogP) is 2.15. The maximum atomic E-state index is 11.7. The lowest BCUT2D eigenvalue weighted by molar-refractivity contribution is 0.605. The molecule has 3 heteroatoms. The lowest BCUT2D eigenvalue weighted by atomic mass is 10.1. The average molecular weight is 206 g/mol. The van der Waals surface area contributed by atoms with Gasteiger partial charge in [0.1, 0.15) is 5.82 Å². The molecule has 1 atom stereocenters. The van der Waals surface area contributed by atoms with E-state index in [1.807, 2.05) is 13.8 Å². The number of aromatic nitrogens is 2. The van der Waals surface area contributed by atoms with E-state index in [2.05, 4.69) is 23.8 Å². The maximum Gasteiger partial charge on any atom is 0.254 e. The van der Waals surface area contributed by atoms with Crippen LogP contribution in [0, 0.1) is 12.3 Å². The molecule has 0 radical (unpaired) electrons. The van der Waals surface area contributed by atoms with Gasteiger partial charge in [0, 0.05) is 11.5 Å². The highest BCUT2D eigenvalue weighted by molar-refractivity contribution is 5.21. The fraction of sp³-hybridized carbons (Fsp3) is 0.667. The maximum absolute atomic E-state index is 11.7. The molecule has 0 aliphatic heterocycles. The predicted molar refractivity (Wildman–Crippen MR) is 60.1 cm³/mol. The van der Waals surface area contributed by atoms with E-state index in [-0.39, 0.29) is 5.56 Å². The van der Waals surface area contributed by atoms with Crippen LogP contribution >= 0.6 is 0 Å². The third kappa shape index (κ3) is 1.71. The van der Waals surface area contributed by atoms with E-state index >= 15 is 0 Å². The summed E-state index contributed by atoms with van der Waals surface area (Å²) in [6.07, 6.45) is 1.96. The largest absolute Gasteiger partial charge is 0.310 e. The summed E-state index contributed by atoms with van der Waals surface area (Å²) < 4.78 is 0. The first-order valence-corrected chi connectivity index (χ1v) is 5.55.